The summed E-state index contributed by atoms with van der Waals surface area (Å²) in [6.07, 6.45) is 0. The molecule has 0 aliphatic heterocycles. The molecule has 0 bridgehead atoms. The Balaban J connectivity index is 2.17. The van der Waals surface area contributed by atoms with Crippen molar-refractivity contribution in [1.82, 2.24) is 0 Å². The van der Waals surface area contributed by atoms with Crippen molar-refractivity contribution in [2.75, 3.05) is 5.32 Å². The van der Waals surface area contributed by atoms with Gasteiger partial charge in [0.25, 0.3) is 5.91 Å². The zero-order valence-corrected chi connectivity index (χ0v) is 19.7. The summed E-state index contributed by atoms with van der Waals surface area (Å²) in [7, 11) is 0. The van der Waals surface area contributed by atoms with Crippen LogP contribution in [-0.2, 0) is 4.79 Å². The lowest BCUT2D eigenvalue weighted by Crippen LogP contribution is -2.25. The molecular formula is C24H21Cl3N2O2. The third kappa shape index (κ3) is 5.21. The molecule has 3 aromatic carbocycles. The van der Waals surface area contributed by atoms with E-state index in [0.29, 0.717) is 22.0 Å². The van der Waals surface area contributed by atoms with E-state index in [4.69, 9.17) is 34.8 Å². The number of halogens is 3. The molecule has 0 aliphatic carbocycles. The van der Waals surface area contributed by atoms with E-state index >= 15 is 0 Å². The Kier molecular flexibility index (Phi) is 6.95. The zero-order valence-electron chi connectivity index (χ0n) is 17.5. The zero-order chi connectivity index (χ0) is 22.9. The van der Waals surface area contributed by atoms with Crippen LogP contribution in [0, 0.1) is 27.7 Å². The summed E-state index contributed by atoms with van der Waals surface area (Å²) < 4.78 is 0. The second-order valence-electron chi connectivity index (χ2n) is 7.43. The number of anilines is 1. The number of carbonyl (C=O) groups excluding carboxylic acids is 1. The summed E-state index contributed by atoms with van der Waals surface area (Å²) in [5, 5.41) is 13.2. The highest BCUT2D eigenvalue weighted by atomic mass is 35.5. The first-order valence-electron chi connectivity index (χ1n) is 9.49. The predicted octanol–water partition coefficient (Wildman–Crippen LogP) is 7.35. The number of aryl methyl sites for hydroxylation is 4. The van der Waals surface area contributed by atoms with Gasteiger partial charge in [-0.05, 0) is 68.7 Å². The molecule has 0 aliphatic rings. The molecule has 0 aromatic heterocycles. The summed E-state index contributed by atoms with van der Waals surface area (Å²) in [5.41, 5.74) is 5.55. The Morgan fingerprint density at radius 3 is 2.00 bits per heavy atom. The minimum Gasteiger partial charge on any atom is -0.505 e. The molecule has 0 fully saturated rings. The van der Waals surface area contributed by atoms with E-state index < -0.39 is 5.91 Å². The van der Waals surface area contributed by atoms with E-state index in [1.54, 1.807) is 12.1 Å². The van der Waals surface area contributed by atoms with Crippen molar-refractivity contribution in [1.29, 1.82) is 0 Å². The third-order valence-corrected chi connectivity index (χ3v) is 5.65. The van der Waals surface area contributed by atoms with E-state index in [2.05, 4.69) is 10.3 Å². The number of hydrogen-bond acceptors (Lipinski definition) is 3. The van der Waals surface area contributed by atoms with Gasteiger partial charge >= 0.3 is 0 Å². The van der Waals surface area contributed by atoms with Gasteiger partial charge in [0.15, 0.2) is 5.75 Å². The van der Waals surface area contributed by atoms with Crippen molar-refractivity contribution in [2.24, 2.45) is 4.99 Å². The van der Waals surface area contributed by atoms with Crippen LogP contribution in [0.15, 0.2) is 47.5 Å². The van der Waals surface area contributed by atoms with E-state index in [9.17, 15) is 9.90 Å². The summed E-state index contributed by atoms with van der Waals surface area (Å²) in [6, 6.07) is 12.3. The van der Waals surface area contributed by atoms with Crippen molar-refractivity contribution in [3.63, 3.8) is 0 Å². The molecule has 3 aromatic rings. The van der Waals surface area contributed by atoms with Crippen LogP contribution in [0.4, 0.5) is 11.4 Å². The number of phenols is 1. The van der Waals surface area contributed by atoms with Crippen LogP contribution in [0.25, 0.3) is 0 Å². The maximum atomic E-state index is 13.4. The van der Waals surface area contributed by atoms with Crippen LogP contribution in [0.2, 0.25) is 15.1 Å². The molecular weight excluding hydrogens is 455 g/mol. The fraction of sp³-hybridized carbons (Fsp3) is 0.167. The van der Waals surface area contributed by atoms with Crippen molar-refractivity contribution < 1.29 is 9.90 Å². The molecule has 31 heavy (non-hydrogen) atoms. The number of carbonyl (C=O) groups is 1. The number of benzene rings is 3. The third-order valence-electron chi connectivity index (χ3n) is 4.74. The standard InChI is InChI=1S/C24H21Cl3N2O2/c1-12-5-6-17(25)20(9-12)29-24(31)22(21-14(3)7-13(2)8-15(21)4)28-16-10-18(26)23(30)19(27)11-16/h5-11,30H,1-4H3,(H,29,31). The van der Waals surface area contributed by atoms with Crippen molar-refractivity contribution in [2.45, 2.75) is 27.7 Å². The normalized spacial score (nSPS) is 11.5. The van der Waals surface area contributed by atoms with Crippen molar-refractivity contribution >= 4 is 57.8 Å². The van der Waals surface area contributed by atoms with Gasteiger partial charge in [0.2, 0.25) is 0 Å². The van der Waals surface area contributed by atoms with Gasteiger partial charge in [-0.15, -0.1) is 0 Å². The first kappa shape index (κ1) is 23.1. The molecule has 160 valence electrons. The van der Waals surface area contributed by atoms with Crippen LogP contribution in [-0.4, -0.2) is 16.7 Å². The SMILES string of the molecule is Cc1cc(C)c(C(=Nc2cc(Cl)c(O)c(Cl)c2)C(=O)Nc2cc(C)ccc2Cl)c(C)c1. The lowest BCUT2D eigenvalue weighted by atomic mass is 9.95. The van der Waals surface area contributed by atoms with Crippen molar-refractivity contribution in [3.05, 3.63) is 85.3 Å². The van der Waals surface area contributed by atoms with Gasteiger partial charge in [-0.2, -0.15) is 0 Å². The number of amides is 1. The molecule has 1 amide bonds. The van der Waals surface area contributed by atoms with E-state index in [-0.39, 0.29) is 21.5 Å². The Hall–Kier alpha value is -2.53. The largest absolute Gasteiger partial charge is 0.505 e. The minimum atomic E-state index is -0.428. The lowest BCUT2D eigenvalue weighted by molar-refractivity contribution is -0.110. The second-order valence-corrected chi connectivity index (χ2v) is 8.65. The van der Waals surface area contributed by atoms with Gasteiger partial charge in [0, 0.05) is 5.56 Å². The number of nitrogens with zero attached hydrogens (tertiary/aromatic N) is 1. The average molecular weight is 476 g/mol. The highest BCUT2D eigenvalue weighted by molar-refractivity contribution is 6.50. The molecule has 0 radical (unpaired) electrons. The summed E-state index contributed by atoms with van der Waals surface area (Å²) in [6.45, 7) is 7.76. The Morgan fingerprint density at radius 1 is 0.839 bits per heavy atom. The smallest absolute Gasteiger partial charge is 0.274 e. The number of aliphatic imine (C=N–C) groups is 1. The average Bonchev–Trinajstić information content (AvgIpc) is 2.67. The quantitative estimate of drug-likeness (QED) is 0.388. The summed E-state index contributed by atoms with van der Waals surface area (Å²) >= 11 is 18.4. The fourth-order valence-electron chi connectivity index (χ4n) is 3.44. The number of aromatic hydroxyl groups is 1. The number of phenolic OH excluding ortho intramolecular Hbond substituents is 1. The molecule has 0 atom stereocenters. The molecule has 3 rings (SSSR count). The van der Waals surface area contributed by atoms with Gasteiger partial charge < -0.3 is 10.4 Å². The maximum absolute atomic E-state index is 13.4. The first-order chi connectivity index (χ1) is 14.6. The summed E-state index contributed by atoms with van der Waals surface area (Å²) in [4.78, 5) is 18.0. The first-order valence-corrected chi connectivity index (χ1v) is 10.6. The van der Waals surface area contributed by atoms with Gasteiger partial charge in [0.05, 0.1) is 26.4 Å². The number of rotatable bonds is 4. The molecule has 4 nitrogen and oxygen atoms in total. The van der Waals surface area contributed by atoms with Crippen molar-refractivity contribution in [3.8, 4) is 5.75 Å². The molecule has 0 heterocycles. The van der Waals surface area contributed by atoms with Gasteiger partial charge in [-0.1, -0.05) is 58.6 Å². The van der Waals surface area contributed by atoms with Crippen LogP contribution in [0.3, 0.4) is 0 Å². The lowest BCUT2D eigenvalue weighted by Gasteiger charge is -2.15. The molecule has 0 saturated carbocycles. The highest BCUT2D eigenvalue weighted by Crippen LogP contribution is 2.36. The molecule has 7 heteroatoms. The van der Waals surface area contributed by atoms with E-state index in [0.717, 1.165) is 22.3 Å². The Labute approximate surface area is 196 Å². The highest BCUT2D eigenvalue weighted by Gasteiger charge is 2.21. The van der Waals surface area contributed by atoms with Crippen LogP contribution in [0.1, 0.15) is 27.8 Å². The molecule has 0 saturated heterocycles. The van der Waals surface area contributed by atoms with E-state index in [1.165, 1.54) is 12.1 Å². The topological polar surface area (TPSA) is 61.7 Å². The van der Waals surface area contributed by atoms with Gasteiger partial charge in [-0.3, -0.25) is 4.79 Å². The number of hydrogen-bond donors (Lipinski definition) is 2. The monoisotopic (exact) mass is 474 g/mol. The van der Waals surface area contributed by atoms with Gasteiger partial charge in [-0.25, -0.2) is 4.99 Å². The molecule has 0 unspecified atom stereocenters. The second kappa shape index (κ2) is 9.31. The van der Waals surface area contributed by atoms with Gasteiger partial charge in [0.1, 0.15) is 5.71 Å². The van der Waals surface area contributed by atoms with E-state index in [1.807, 2.05) is 45.9 Å². The minimum absolute atomic E-state index is 0.0464. The van der Waals surface area contributed by atoms with Crippen LogP contribution in [0.5, 0.6) is 5.75 Å². The Morgan fingerprint density at radius 2 is 1.42 bits per heavy atom. The summed E-state index contributed by atoms with van der Waals surface area (Å²) in [5.74, 6) is -0.662. The fourth-order valence-corrected chi connectivity index (χ4v) is 4.08. The Bertz CT molecular complexity index is 1170. The maximum Gasteiger partial charge on any atom is 0.274 e. The predicted molar refractivity (Wildman–Crippen MR) is 130 cm³/mol. The molecule has 2 N–H and O–H groups in total. The van der Waals surface area contributed by atoms with Crippen LogP contribution >= 0.6 is 34.8 Å². The van der Waals surface area contributed by atoms with Crippen LogP contribution < -0.4 is 5.32 Å². The molecule has 0 spiro atoms. The number of nitrogens with one attached hydrogen (secondary N) is 1.